The average Bonchev–Trinajstić information content (AvgIpc) is 1.82. The van der Waals surface area contributed by atoms with Gasteiger partial charge in [0.1, 0.15) is 5.60 Å². The molecular formula is C9H17NO2. The zero-order valence-electron chi connectivity index (χ0n) is 8.39. The van der Waals surface area contributed by atoms with Crippen molar-refractivity contribution >= 4 is 5.97 Å². The Balaban J connectivity index is 4.08. The van der Waals surface area contributed by atoms with Crippen LogP contribution in [0.5, 0.6) is 0 Å². The summed E-state index contributed by atoms with van der Waals surface area (Å²) < 4.78 is 5.05. The second-order valence-corrected chi connectivity index (χ2v) is 3.61. The summed E-state index contributed by atoms with van der Waals surface area (Å²) in [5.74, 6) is -0.311. The van der Waals surface area contributed by atoms with Crippen molar-refractivity contribution in [1.82, 2.24) is 5.32 Å². The molecule has 0 aromatic carbocycles. The van der Waals surface area contributed by atoms with E-state index in [1.54, 1.807) is 7.05 Å². The first-order valence-corrected chi connectivity index (χ1v) is 3.94. The molecule has 0 aromatic rings. The normalized spacial score (nSPS) is 12.6. The molecule has 3 heteroatoms. The van der Waals surface area contributed by atoms with Crippen molar-refractivity contribution < 1.29 is 9.53 Å². The topological polar surface area (TPSA) is 38.3 Å². The Kier molecular flexibility index (Phi) is 3.80. The Morgan fingerprint density at radius 3 is 2.25 bits per heavy atom. The van der Waals surface area contributed by atoms with Crippen molar-refractivity contribution in [2.24, 2.45) is 0 Å². The minimum Gasteiger partial charge on any atom is -0.457 e. The maximum atomic E-state index is 11.1. The van der Waals surface area contributed by atoms with Crippen molar-refractivity contribution in [3.05, 3.63) is 11.8 Å². The number of hydrogen-bond acceptors (Lipinski definition) is 3. The van der Waals surface area contributed by atoms with Crippen LogP contribution in [0.2, 0.25) is 0 Å². The van der Waals surface area contributed by atoms with Gasteiger partial charge in [-0.1, -0.05) is 0 Å². The van der Waals surface area contributed by atoms with Gasteiger partial charge in [0.05, 0.1) is 0 Å². The number of carbonyl (C=O) groups is 1. The van der Waals surface area contributed by atoms with Crippen LogP contribution in [0.25, 0.3) is 0 Å². The minimum atomic E-state index is -0.415. The van der Waals surface area contributed by atoms with Crippen LogP contribution >= 0.6 is 0 Å². The van der Waals surface area contributed by atoms with Crippen LogP contribution in [-0.2, 0) is 9.53 Å². The molecule has 0 aromatic heterocycles. The number of carbonyl (C=O) groups excluding carboxylic acids is 1. The van der Waals surface area contributed by atoms with E-state index in [9.17, 15) is 4.79 Å². The standard InChI is InChI=1S/C9H17NO2/c1-7(10-5)6-8(11)12-9(2,3)4/h6,10H,1-5H3/b7-6+. The number of nitrogens with one attached hydrogen (secondary N) is 1. The zero-order valence-corrected chi connectivity index (χ0v) is 8.39. The summed E-state index contributed by atoms with van der Waals surface area (Å²) in [6, 6.07) is 0. The summed E-state index contributed by atoms with van der Waals surface area (Å²) in [4.78, 5) is 11.1. The van der Waals surface area contributed by atoms with E-state index in [2.05, 4.69) is 5.32 Å². The largest absolute Gasteiger partial charge is 0.457 e. The Morgan fingerprint density at radius 1 is 1.42 bits per heavy atom. The van der Waals surface area contributed by atoms with Gasteiger partial charge in [0.25, 0.3) is 0 Å². The van der Waals surface area contributed by atoms with E-state index in [-0.39, 0.29) is 5.97 Å². The number of rotatable bonds is 2. The summed E-state index contributed by atoms with van der Waals surface area (Å²) in [7, 11) is 1.76. The summed E-state index contributed by atoms with van der Waals surface area (Å²) in [5, 5.41) is 2.84. The molecule has 0 heterocycles. The van der Waals surface area contributed by atoms with Crippen LogP contribution in [0, 0.1) is 0 Å². The molecule has 0 aliphatic rings. The third-order valence-corrected chi connectivity index (χ3v) is 1.14. The van der Waals surface area contributed by atoms with E-state index >= 15 is 0 Å². The molecule has 0 amide bonds. The van der Waals surface area contributed by atoms with E-state index < -0.39 is 5.60 Å². The summed E-state index contributed by atoms with van der Waals surface area (Å²) in [5.41, 5.74) is 0.381. The van der Waals surface area contributed by atoms with Crippen LogP contribution in [0.15, 0.2) is 11.8 Å². The fourth-order valence-electron chi connectivity index (χ4n) is 0.580. The maximum absolute atomic E-state index is 11.1. The number of ether oxygens (including phenoxy) is 1. The Morgan fingerprint density at radius 2 is 1.92 bits per heavy atom. The lowest BCUT2D eigenvalue weighted by atomic mass is 10.2. The smallest absolute Gasteiger partial charge is 0.333 e. The van der Waals surface area contributed by atoms with Gasteiger partial charge in [0.15, 0.2) is 0 Å². The van der Waals surface area contributed by atoms with Gasteiger partial charge in [-0.2, -0.15) is 0 Å². The fraction of sp³-hybridized carbons (Fsp3) is 0.667. The van der Waals surface area contributed by atoms with Crippen LogP contribution in [-0.4, -0.2) is 18.6 Å². The van der Waals surface area contributed by atoms with Crippen molar-refractivity contribution in [3.8, 4) is 0 Å². The molecule has 3 nitrogen and oxygen atoms in total. The third-order valence-electron chi connectivity index (χ3n) is 1.14. The molecule has 1 N–H and O–H groups in total. The summed E-state index contributed by atoms with van der Waals surface area (Å²) in [6.45, 7) is 7.33. The predicted molar refractivity (Wildman–Crippen MR) is 48.7 cm³/mol. The van der Waals surface area contributed by atoms with Gasteiger partial charge in [0.2, 0.25) is 0 Å². The third kappa shape index (κ3) is 5.77. The molecule has 0 saturated heterocycles. The molecule has 0 bridgehead atoms. The molecule has 12 heavy (non-hydrogen) atoms. The van der Waals surface area contributed by atoms with E-state index in [0.29, 0.717) is 0 Å². The number of esters is 1. The van der Waals surface area contributed by atoms with Crippen LogP contribution in [0.4, 0.5) is 0 Å². The SMILES string of the molecule is CN/C(C)=C/C(=O)OC(C)(C)C. The Bertz CT molecular complexity index is 189. The highest BCUT2D eigenvalue weighted by Gasteiger charge is 2.14. The zero-order chi connectivity index (χ0) is 9.78. The number of allylic oxidation sites excluding steroid dienone is 1. The first-order valence-electron chi connectivity index (χ1n) is 3.94. The van der Waals surface area contributed by atoms with Gasteiger partial charge in [0, 0.05) is 18.8 Å². The van der Waals surface area contributed by atoms with E-state index in [4.69, 9.17) is 4.74 Å². The average molecular weight is 171 g/mol. The van der Waals surface area contributed by atoms with Crippen LogP contribution in [0.3, 0.4) is 0 Å². The molecular weight excluding hydrogens is 154 g/mol. The van der Waals surface area contributed by atoms with Gasteiger partial charge < -0.3 is 10.1 Å². The lowest BCUT2D eigenvalue weighted by molar-refractivity contribution is -0.148. The molecule has 70 valence electrons. The quantitative estimate of drug-likeness (QED) is 0.505. The van der Waals surface area contributed by atoms with Gasteiger partial charge in [-0.15, -0.1) is 0 Å². The molecule has 0 aliphatic carbocycles. The molecule has 0 saturated carbocycles. The van der Waals surface area contributed by atoms with Gasteiger partial charge in [-0.25, -0.2) is 4.79 Å². The van der Waals surface area contributed by atoms with E-state index in [0.717, 1.165) is 5.70 Å². The Labute approximate surface area is 73.8 Å². The summed E-state index contributed by atoms with van der Waals surface area (Å²) >= 11 is 0. The lowest BCUT2D eigenvalue weighted by Crippen LogP contribution is -2.23. The molecule has 0 aliphatic heterocycles. The van der Waals surface area contributed by atoms with Crippen molar-refractivity contribution in [2.45, 2.75) is 33.3 Å². The van der Waals surface area contributed by atoms with Gasteiger partial charge in [-0.05, 0) is 27.7 Å². The summed E-state index contributed by atoms with van der Waals surface area (Å²) in [6.07, 6.45) is 1.44. The highest BCUT2D eigenvalue weighted by molar-refractivity contribution is 5.82. The van der Waals surface area contributed by atoms with E-state index in [1.807, 2.05) is 27.7 Å². The maximum Gasteiger partial charge on any atom is 0.333 e. The van der Waals surface area contributed by atoms with Crippen molar-refractivity contribution in [3.63, 3.8) is 0 Å². The lowest BCUT2D eigenvalue weighted by Gasteiger charge is -2.18. The first-order chi connectivity index (χ1) is 5.35. The van der Waals surface area contributed by atoms with E-state index in [1.165, 1.54) is 6.08 Å². The van der Waals surface area contributed by atoms with Crippen molar-refractivity contribution in [1.29, 1.82) is 0 Å². The van der Waals surface area contributed by atoms with Crippen LogP contribution < -0.4 is 5.32 Å². The highest BCUT2D eigenvalue weighted by Crippen LogP contribution is 2.07. The molecule has 0 atom stereocenters. The second kappa shape index (κ2) is 4.14. The number of hydrogen-bond donors (Lipinski definition) is 1. The van der Waals surface area contributed by atoms with Gasteiger partial charge in [-0.3, -0.25) is 0 Å². The monoisotopic (exact) mass is 171 g/mol. The minimum absolute atomic E-state index is 0.311. The predicted octanol–water partition coefficient (Wildman–Crippen LogP) is 1.45. The molecule has 0 rings (SSSR count). The highest BCUT2D eigenvalue weighted by atomic mass is 16.6. The Hall–Kier alpha value is -0.990. The molecule has 0 radical (unpaired) electrons. The second-order valence-electron chi connectivity index (χ2n) is 3.61. The molecule has 0 fully saturated rings. The van der Waals surface area contributed by atoms with Gasteiger partial charge >= 0.3 is 5.97 Å². The first kappa shape index (κ1) is 11.0. The molecule has 0 spiro atoms. The fourth-order valence-corrected chi connectivity index (χ4v) is 0.580. The van der Waals surface area contributed by atoms with Crippen LogP contribution in [0.1, 0.15) is 27.7 Å². The molecule has 0 unspecified atom stereocenters. The van der Waals surface area contributed by atoms with Crippen molar-refractivity contribution in [2.75, 3.05) is 7.05 Å².